The highest BCUT2D eigenvalue weighted by Gasteiger charge is 2.22. The molecule has 2 aliphatic rings. The Bertz CT molecular complexity index is 898. The lowest BCUT2D eigenvalue weighted by Gasteiger charge is -2.35. The van der Waals surface area contributed by atoms with Gasteiger partial charge in [0.25, 0.3) is 0 Å². The zero-order valence-electron chi connectivity index (χ0n) is 18.8. The first-order chi connectivity index (χ1) is 15.6. The van der Waals surface area contributed by atoms with Crippen LogP contribution in [0.1, 0.15) is 57.4 Å². The topological polar surface area (TPSA) is 56.3 Å². The molecule has 2 aliphatic heterocycles. The highest BCUT2D eigenvalue weighted by molar-refractivity contribution is 7.80. The van der Waals surface area contributed by atoms with Crippen molar-refractivity contribution in [2.24, 2.45) is 0 Å². The molecule has 6 nitrogen and oxygen atoms in total. The van der Waals surface area contributed by atoms with Crippen molar-refractivity contribution in [3.05, 3.63) is 40.9 Å². The second-order valence-electron chi connectivity index (χ2n) is 8.78. The first-order valence-electron chi connectivity index (χ1n) is 11.8. The number of benzene rings is 1. The fourth-order valence-electron chi connectivity index (χ4n) is 4.46. The average Bonchev–Trinajstić information content (AvgIpc) is 3.08. The first-order valence-corrected chi connectivity index (χ1v) is 12.6. The number of aromatic nitrogens is 2. The molecule has 0 radical (unpaired) electrons. The fourth-order valence-corrected chi connectivity index (χ4v) is 4.75. The first kappa shape index (κ1) is 23.1. The van der Waals surface area contributed by atoms with Crippen LogP contribution in [0.5, 0.6) is 0 Å². The van der Waals surface area contributed by atoms with E-state index >= 15 is 0 Å². The fraction of sp³-hybridized carbons (Fsp3) is 0.542. The molecule has 172 valence electrons. The van der Waals surface area contributed by atoms with Gasteiger partial charge in [0, 0.05) is 43.3 Å². The monoisotopic (exact) mass is 472 g/mol. The lowest BCUT2D eigenvalue weighted by molar-refractivity contribution is 0.481. The Morgan fingerprint density at radius 1 is 1.00 bits per heavy atom. The quantitative estimate of drug-likeness (QED) is 0.567. The molecule has 2 N–H and O–H groups in total. The van der Waals surface area contributed by atoms with Gasteiger partial charge in [-0.3, -0.25) is 0 Å². The largest absolute Gasteiger partial charge is 0.358 e. The second-order valence-corrected chi connectivity index (χ2v) is 9.63. The molecule has 2 aromatic rings. The number of anilines is 3. The SMILES string of the molecule is CC1CCCCN1c1cc(N2CCCCCC2)nc(NC(=S)NCc2ccc(Cl)cc2)n1. The molecule has 1 unspecified atom stereocenters. The summed E-state index contributed by atoms with van der Waals surface area (Å²) in [6.45, 7) is 6.04. The summed E-state index contributed by atoms with van der Waals surface area (Å²) in [6, 6.07) is 10.4. The van der Waals surface area contributed by atoms with Crippen LogP contribution >= 0.6 is 23.8 Å². The van der Waals surface area contributed by atoms with Gasteiger partial charge >= 0.3 is 0 Å². The predicted octanol–water partition coefficient (Wildman–Crippen LogP) is 5.38. The van der Waals surface area contributed by atoms with Crippen LogP contribution in [0.15, 0.2) is 30.3 Å². The summed E-state index contributed by atoms with van der Waals surface area (Å²) in [5.41, 5.74) is 1.11. The maximum atomic E-state index is 5.98. The smallest absolute Gasteiger partial charge is 0.232 e. The van der Waals surface area contributed by atoms with Crippen molar-refractivity contribution in [3.63, 3.8) is 0 Å². The minimum absolute atomic E-state index is 0.485. The van der Waals surface area contributed by atoms with Gasteiger partial charge in [-0.05, 0) is 68.9 Å². The van der Waals surface area contributed by atoms with Crippen molar-refractivity contribution in [1.82, 2.24) is 15.3 Å². The van der Waals surface area contributed by atoms with Crippen LogP contribution in [-0.2, 0) is 6.54 Å². The molecule has 2 fully saturated rings. The molecular formula is C24H33ClN6S. The van der Waals surface area contributed by atoms with Gasteiger partial charge in [0.15, 0.2) is 5.11 Å². The number of hydrogen-bond acceptors (Lipinski definition) is 5. The van der Waals surface area contributed by atoms with Crippen LogP contribution < -0.4 is 20.4 Å². The second kappa shape index (κ2) is 11.1. The van der Waals surface area contributed by atoms with E-state index in [1.54, 1.807) is 0 Å². The summed E-state index contributed by atoms with van der Waals surface area (Å²) >= 11 is 11.5. The van der Waals surface area contributed by atoms with Crippen molar-refractivity contribution < 1.29 is 0 Å². The van der Waals surface area contributed by atoms with Crippen molar-refractivity contribution in [3.8, 4) is 0 Å². The average molecular weight is 473 g/mol. The zero-order chi connectivity index (χ0) is 22.3. The van der Waals surface area contributed by atoms with Gasteiger partial charge in [-0.25, -0.2) is 0 Å². The van der Waals surface area contributed by atoms with E-state index in [1.165, 1.54) is 44.9 Å². The molecule has 2 saturated heterocycles. The normalized spacial score (nSPS) is 19.4. The van der Waals surface area contributed by atoms with Crippen LogP contribution in [0.2, 0.25) is 5.02 Å². The predicted molar refractivity (Wildman–Crippen MR) is 138 cm³/mol. The molecule has 3 heterocycles. The Hall–Kier alpha value is -2.12. The van der Waals surface area contributed by atoms with E-state index in [2.05, 4.69) is 33.4 Å². The Balaban J connectivity index is 1.51. The minimum Gasteiger partial charge on any atom is -0.358 e. The molecule has 32 heavy (non-hydrogen) atoms. The van der Waals surface area contributed by atoms with E-state index in [4.69, 9.17) is 33.8 Å². The summed E-state index contributed by atoms with van der Waals surface area (Å²) in [6.07, 6.45) is 8.70. The maximum Gasteiger partial charge on any atom is 0.232 e. The number of halogens is 1. The van der Waals surface area contributed by atoms with Crippen molar-refractivity contribution in [2.75, 3.05) is 34.8 Å². The highest BCUT2D eigenvalue weighted by atomic mass is 35.5. The highest BCUT2D eigenvalue weighted by Crippen LogP contribution is 2.28. The van der Waals surface area contributed by atoms with Crippen LogP contribution in [-0.4, -0.2) is 40.8 Å². The maximum absolute atomic E-state index is 5.98. The third-order valence-electron chi connectivity index (χ3n) is 6.32. The van der Waals surface area contributed by atoms with Gasteiger partial charge in [0.2, 0.25) is 5.95 Å². The Kier molecular flexibility index (Phi) is 8.03. The van der Waals surface area contributed by atoms with Crippen LogP contribution in [0.3, 0.4) is 0 Å². The number of nitrogens with zero attached hydrogens (tertiary/aromatic N) is 4. The van der Waals surface area contributed by atoms with Crippen LogP contribution in [0, 0.1) is 0 Å². The zero-order valence-corrected chi connectivity index (χ0v) is 20.4. The van der Waals surface area contributed by atoms with Gasteiger partial charge in [0.1, 0.15) is 11.6 Å². The summed E-state index contributed by atoms with van der Waals surface area (Å²) in [5, 5.41) is 7.73. The van der Waals surface area contributed by atoms with Crippen molar-refractivity contribution in [2.45, 2.75) is 64.5 Å². The minimum atomic E-state index is 0.485. The Morgan fingerprint density at radius 3 is 2.41 bits per heavy atom. The van der Waals surface area contributed by atoms with E-state index in [0.717, 1.165) is 41.9 Å². The van der Waals surface area contributed by atoms with Crippen LogP contribution in [0.25, 0.3) is 0 Å². The number of hydrogen-bond donors (Lipinski definition) is 2. The Labute approximate surface area is 201 Å². The van der Waals surface area contributed by atoms with Gasteiger partial charge < -0.3 is 20.4 Å². The lowest BCUT2D eigenvalue weighted by Crippen LogP contribution is -2.38. The third-order valence-corrected chi connectivity index (χ3v) is 6.82. The number of thiocarbonyl (C=S) groups is 1. The van der Waals surface area contributed by atoms with Gasteiger partial charge in [-0.2, -0.15) is 9.97 Å². The third kappa shape index (κ3) is 6.23. The molecule has 1 aromatic heterocycles. The van der Waals surface area contributed by atoms with E-state index in [1.807, 2.05) is 24.3 Å². The number of nitrogens with one attached hydrogen (secondary N) is 2. The summed E-state index contributed by atoms with van der Waals surface area (Å²) in [5.74, 6) is 2.56. The Morgan fingerprint density at radius 2 is 1.69 bits per heavy atom. The van der Waals surface area contributed by atoms with Gasteiger partial charge in [0.05, 0.1) is 0 Å². The molecule has 1 aromatic carbocycles. The molecule has 8 heteroatoms. The van der Waals surface area contributed by atoms with E-state index in [9.17, 15) is 0 Å². The number of piperidine rings is 1. The van der Waals surface area contributed by atoms with E-state index in [-0.39, 0.29) is 0 Å². The lowest BCUT2D eigenvalue weighted by atomic mass is 10.0. The summed E-state index contributed by atoms with van der Waals surface area (Å²) < 4.78 is 0. The molecule has 0 amide bonds. The van der Waals surface area contributed by atoms with E-state index in [0.29, 0.717) is 23.6 Å². The van der Waals surface area contributed by atoms with E-state index < -0.39 is 0 Å². The molecule has 0 bridgehead atoms. The summed E-state index contributed by atoms with van der Waals surface area (Å²) in [7, 11) is 0. The molecule has 4 rings (SSSR count). The molecule has 0 aliphatic carbocycles. The molecule has 0 saturated carbocycles. The summed E-state index contributed by atoms with van der Waals surface area (Å²) in [4.78, 5) is 14.5. The van der Waals surface area contributed by atoms with Gasteiger partial charge in [-0.1, -0.05) is 36.6 Å². The van der Waals surface area contributed by atoms with Crippen molar-refractivity contribution in [1.29, 1.82) is 0 Å². The number of rotatable bonds is 5. The molecular weight excluding hydrogens is 440 g/mol. The van der Waals surface area contributed by atoms with Crippen LogP contribution in [0.4, 0.5) is 17.6 Å². The van der Waals surface area contributed by atoms with Gasteiger partial charge in [-0.15, -0.1) is 0 Å². The van der Waals surface area contributed by atoms with Crippen molar-refractivity contribution >= 4 is 46.5 Å². The molecule has 0 spiro atoms. The molecule has 1 atom stereocenters. The standard InChI is InChI=1S/C24H33ClN6S/c1-18-8-4-7-15-31(18)22-16-21(30-13-5-2-3-6-14-30)27-23(28-22)29-24(32)26-17-19-9-11-20(25)12-10-19/h9-12,16,18H,2-8,13-15,17H2,1H3,(H2,26,27,28,29,32).